The van der Waals surface area contributed by atoms with Crippen molar-refractivity contribution in [3.63, 3.8) is 0 Å². The summed E-state index contributed by atoms with van der Waals surface area (Å²) >= 11 is 3.05. The highest BCUT2D eigenvalue weighted by molar-refractivity contribution is 9.10. The average molecular weight is 305 g/mol. The Balaban J connectivity index is 1.96. The fourth-order valence-electron chi connectivity index (χ4n) is 2.01. The molecule has 0 amide bonds. The Bertz CT molecular complexity index is 392. The highest BCUT2D eigenvalue weighted by Gasteiger charge is 2.14. The predicted molar refractivity (Wildman–Crippen MR) is 68.1 cm³/mol. The number of piperidine rings is 1. The van der Waals surface area contributed by atoms with Crippen LogP contribution >= 0.6 is 15.9 Å². The summed E-state index contributed by atoms with van der Waals surface area (Å²) in [5, 5.41) is 6.34. The van der Waals surface area contributed by atoms with Gasteiger partial charge in [0.2, 0.25) is 0 Å². The topological polar surface area (TPSA) is 24.1 Å². The van der Waals surface area contributed by atoms with Gasteiger partial charge in [-0.3, -0.25) is 0 Å². The lowest BCUT2D eigenvalue weighted by molar-refractivity contribution is 0.392. The van der Waals surface area contributed by atoms with E-state index in [1.807, 2.05) is 0 Å². The first kappa shape index (κ1) is 12.8. The first-order chi connectivity index (χ1) is 8.16. The first-order valence-electron chi connectivity index (χ1n) is 5.76. The second-order valence-corrected chi connectivity index (χ2v) is 5.19. The van der Waals surface area contributed by atoms with Crippen LogP contribution in [0.4, 0.5) is 14.5 Å². The van der Waals surface area contributed by atoms with Gasteiger partial charge in [-0.05, 0) is 53.8 Å². The van der Waals surface area contributed by atoms with E-state index in [-0.39, 0.29) is 4.47 Å². The van der Waals surface area contributed by atoms with E-state index in [2.05, 4.69) is 26.6 Å². The van der Waals surface area contributed by atoms with Gasteiger partial charge in [0.25, 0.3) is 0 Å². The van der Waals surface area contributed by atoms with Gasteiger partial charge in [0.1, 0.15) is 11.6 Å². The van der Waals surface area contributed by atoms with E-state index < -0.39 is 11.6 Å². The molecule has 2 rings (SSSR count). The monoisotopic (exact) mass is 304 g/mol. The van der Waals surface area contributed by atoms with Crippen LogP contribution in [0.5, 0.6) is 0 Å². The minimum atomic E-state index is -0.576. The maximum atomic E-state index is 13.4. The molecule has 1 aliphatic rings. The van der Waals surface area contributed by atoms with Gasteiger partial charge in [-0.1, -0.05) is 0 Å². The Morgan fingerprint density at radius 1 is 1.35 bits per heavy atom. The smallest absolute Gasteiger partial charge is 0.149 e. The summed E-state index contributed by atoms with van der Waals surface area (Å²) in [6.07, 6.45) is 2.30. The molecule has 1 heterocycles. The Morgan fingerprint density at radius 3 is 2.88 bits per heavy atom. The highest BCUT2D eigenvalue weighted by Crippen LogP contribution is 2.24. The van der Waals surface area contributed by atoms with Crippen LogP contribution in [-0.2, 0) is 0 Å². The van der Waals surface area contributed by atoms with Crippen molar-refractivity contribution in [3.05, 3.63) is 28.2 Å². The number of hydrogen-bond acceptors (Lipinski definition) is 2. The van der Waals surface area contributed by atoms with Crippen molar-refractivity contribution in [1.82, 2.24) is 5.32 Å². The fraction of sp³-hybridized carbons (Fsp3) is 0.500. The molecule has 2 nitrogen and oxygen atoms in total. The molecule has 94 valence electrons. The van der Waals surface area contributed by atoms with E-state index in [1.54, 1.807) is 0 Å². The summed E-state index contributed by atoms with van der Waals surface area (Å²) in [5.74, 6) is -0.617. The second kappa shape index (κ2) is 5.78. The van der Waals surface area contributed by atoms with E-state index in [4.69, 9.17) is 0 Å². The molecule has 5 heteroatoms. The molecule has 1 fully saturated rings. The Kier molecular flexibility index (Phi) is 4.34. The summed E-state index contributed by atoms with van der Waals surface area (Å²) < 4.78 is 26.8. The van der Waals surface area contributed by atoms with E-state index in [0.29, 0.717) is 18.2 Å². The minimum Gasteiger partial charge on any atom is -0.382 e. The molecule has 1 atom stereocenters. The van der Waals surface area contributed by atoms with Gasteiger partial charge < -0.3 is 10.6 Å². The molecule has 1 aromatic rings. The lowest BCUT2D eigenvalue weighted by Crippen LogP contribution is -2.33. The van der Waals surface area contributed by atoms with E-state index in [0.717, 1.165) is 32.0 Å². The van der Waals surface area contributed by atoms with Crippen LogP contribution in [0.3, 0.4) is 0 Å². The molecule has 0 saturated carbocycles. The molecule has 0 aliphatic carbocycles. The van der Waals surface area contributed by atoms with Crippen molar-refractivity contribution in [2.24, 2.45) is 5.92 Å². The predicted octanol–water partition coefficient (Wildman–Crippen LogP) is 3.14. The molecule has 17 heavy (non-hydrogen) atoms. The van der Waals surface area contributed by atoms with Crippen molar-refractivity contribution in [3.8, 4) is 0 Å². The molecule has 0 spiro atoms. The summed E-state index contributed by atoms with van der Waals surface area (Å²) in [6, 6.07) is 2.34. The molecule has 0 radical (unpaired) electrons. The largest absolute Gasteiger partial charge is 0.382 e. The first-order valence-corrected chi connectivity index (χ1v) is 6.55. The molecule has 1 unspecified atom stereocenters. The standard InChI is InChI=1S/C12H15BrF2N2/c13-9-4-12(11(15)5-10(9)14)17-7-8-2-1-3-16-6-8/h4-5,8,16-17H,1-3,6-7H2. The zero-order valence-corrected chi connectivity index (χ0v) is 11.0. The Hall–Kier alpha value is -0.680. The van der Waals surface area contributed by atoms with Crippen LogP contribution in [-0.4, -0.2) is 19.6 Å². The van der Waals surface area contributed by atoms with Crippen molar-refractivity contribution < 1.29 is 8.78 Å². The van der Waals surface area contributed by atoms with Gasteiger partial charge in [0.15, 0.2) is 0 Å². The van der Waals surface area contributed by atoms with Crippen LogP contribution in [0.2, 0.25) is 0 Å². The van der Waals surface area contributed by atoms with Gasteiger partial charge in [-0.2, -0.15) is 0 Å². The number of nitrogens with one attached hydrogen (secondary N) is 2. The zero-order valence-electron chi connectivity index (χ0n) is 9.40. The molecule has 2 N–H and O–H groups in total. The van der Waals surface area contributed by atoms with Gasteiger partial charge in [0, 0.05) is 12.6 Å². The number of benzene rings is 1. The molecular weight excluding hydrogens is 290 g/mol. The summed E-state index contributed by atoms with van der Waals surface area (Å²) in [7, 11) is 0. The maximum Gasteiger partial charge on any atom is 0.149 e. The third-order valence-corrected chi connectivity index (χ3v) is 3.60. The third-order valence-electron chi connectivity index (χ3n) is 2.99. The van der Waals surface area contributed by atoms with Gasteiger partial charge in [0.05, 0.1) is 10.2 Å². The summed E-state index contributed by atoms with van der Waals surface area (Å²) in [6.45, 7) is 2.73. The van der Waals surface area contributed by atoms with Crippen molar-refractivity contribution in [1.29, 1.82) is 0 Å². The molecule has 1 aromatic carbocycles. The van der Waals surface area contributed by atoms with Gasteiger partial charge in [-0.15, -0.1) is 0 Å². The fourth-order valence-corrected chi connectivity index (χ4v) is 2.35. The van der Waals surface area contributed by atoms with Crippen molar-refractivity contribution in [2.75, 3.05) is 25.0 Å². The third kappa shape index (κ3) is 3.39. The van der Waals surface area contributed by atoms with E-state index in [9.17, 15) is 8.78 Å². The number of anilines is 1. The Morgan fingerprint density at radius 2 is 2.18 bits per heavy atom. The molecule has 1 saturated heterocycles. The van der Waals surface area contributed by atoms with Crippen LogP contribution in [0.25, 0.3) is 0 Å². The lowest BCUT2D eigenvalue weighted by Gasteiger charge is -2.23. The Labute approximate surface area is 108 Å². The van der Waals surface area contributed by atoms with Gasteiger partial charge in [-0.25, -0.2) is 8.78 Å². The maximum absolute atomic E-state index is 13.4. The van der Waals surface area contributed by atoms with E-state index >= 15 is 0 Å². The summed E-state index contributed by atoms with van der Waals surface area (Å²) in [5.41, 5.74) is 0.351. The number of rotatable bonds is 3. The molecule has 1 aliphatic heterocycles. The average Bonchev–Trinajstić information content (AvgIpc) is 2.33. The molecule has 0 bridgehead atoms. The van der Waals surface area contributed by atoms with Crippen LogP contribution in [0.1, 0.15) is 12.8 Å². The SMILES string of the molecule is Fc1cc(F)c(NCC2CCCNC2)cc1Br. The van der Waals surface area contributed by atoms with Gasteiger partial charge >= 0.3 is 0 Å². The minimum absolute atomic E-state index is 0.281. The highest BCUT2D eigenvalue weighted by atomic mass is 79.9. The van der Waals surface area contributed by atoms with Crippen LogP contribution in [0.15, 0.2) is 16.6 Å². The lowest BCUT2D eigenvalue weighted by atomic mass is 10.00. The quantitative estimate of drug-likeness (QED) is 0.838. The number of halogens is 3. The van der Waals surface area contributed by atoms with E-state index in [1.165, 1.54) is 6.07 Å². The van der Waals surface area contributed by atoms with Crippen LogP contribution in [0, 0.1) is 17.6 Å². The molecule has 0 aromatic heterocycles. The molecular formula is C12H15BrF2N2. The van der Waals surface area contributed by atoms with Crippen LogP contribution < -0.4 is 10.6 Å². The number of hydrogen-bond donors (Lipinski definition) is 2. The zero-order chi connectivity index (χ0) is 12.3. The van der Waals surface area contributed by atoms with Crippen molar-refractivity contribution in [2.45, 2.75) is 12.8 Å². The van der Waals surface area contributed by atoms with Crippen molar-refractivity contribution >= 4 is 21.6 Å². The summed E-state index contributed by atoms with van der Waals surface area (Å²) in [4.78, 5) is 0. The second-order valence-electron chi connectivity index (χ2n) is 4.34. The normalized spacial score (nSPS) is 20.3.